The normalized spacial score (nSPS) is 19.6. The van der Waals surface area contributed by atoms with Gasteiger partial charge >= 0.3 is 5.97 Å². The van der Waals surface area contributed by atoms with E-state index in [0.717, 1.165) is 56.4 Å². The number of amides is 1. The Hall–Kier alpha value is -2.30. The Bertz CT molecular complexity index is 776. The third kappa shape index (κ3) is 9.52. The third-order valence-electron chi connectivity index (χ3n) is 7.11. The molecule has 1 aromatic rings. The summed E-state index contributed by atoms with van der Waals surface area (Å²) in [5.41, 5.74) is 0.595. The highest BCUT2D eigenvalue weighted by molar-refractivity contribution is 5.87. The second-order valence-corrected chi connectivity index (χ2v) is 10.3. The molecule has 0 bridgehead atoms. The standard InChI is InChI=1S/C29H45NO4/c1-6-9-10-22(7-2)21-33-25-16-11-23(12-17-25)13-20-27(31)34-26-18-14-24(15-19-26)30-28(32)29(4,5)8-3/h11-13,16-17,20,22,24,26H,6-10,14-15,18-19,21H2,1-5H3,(H,30,32)/b20-13+. The van der Waals surface area contributed by atoms with E-state index in [1.54, 1.807) is 6.08 Å². The molecule has 1 atom stereocenters. The fraction of sp³-hybridized carbons (Fsp3) is 0.655. The van der Waals surface area contributed by atoms with Crippen molar-refractivity contribution in [1.29, 1.82) is 0 Å². The molecule has 2 rings (SSSR count). The molecule has 190 valence electrons. The van der Waals surface area contributed by atoms with Gasteiger partial charge in [0.1, 0.15) is 11.9 Å². The summed E-state index contributed by atoms with van der Waals surface area (Å²) in [7, 11) is 0. The van der Waals surface area contributed by atoms with Gasteiger partial charge in [0.2, 0.25) is 5.91 Å². The Morgan fingerprint density at radius 3 is 2.35 bits per heavy atom. The van der Waals surface area contributed by atoms with Gasteiger partial charge in [0.05, 0.1) is 6.61 Å². The van der Waals surface area contributed by atoms with E-state index in [2.05, 4.69) is 19.2 Å². The van der Waals surface area contributed by atoms with Crippen LogP contribution >= 0.6 is 0 Å². The van der Waals surface area contributed by atoms with Crippen LogP contribution in [0, 0.1) is 11.3 Å². The highest BCUT2D eigenvalue weighted by Gasteiger charge is 2.30. The summed E-state index contributed by atoms with van der Waals surface area (Å²) in [5.74, 6) is 1.25. The van der Waals surface area contributed by atoms with Crippen molar-refractivity contribution in [3.05, 3.63) is 35.9 Å². The number of ether oxygens (including phenoxy) is 2. The molecule has 1 saturated carbocycles. The number of hydrogen-bond donors (Lipinski definition) is 1. The van der Waals surface area contributed by atoms with Crippen LogP contribution in [-0.4, -0.2) is 30.6 Å². The first kappa shape index (κ1) is 27.9. The minimum atomic E-state index is -0.342. The van der Waals surface area contributed by atoms with Crippen LogP contribution in [0.1, 0.15) is 98.0 Å². The Morgan fingerprint density at radius 2 is 1.76 bits per heavy atom. The van der Waals surface area contributed by atoms with Crippen LogP contribution in [0.15, 0.2) is 30.3 Å². The van der Waals surface area contributed by atoms with Crippen LogP contribution in [0.3, 0.4) is 0 Å². The molecular weight excluding hydrogens is 426 g/mol. The second kappa shape index (κ2) is 14.2. The molecular formula is C29H45NO4. The fourth-order valence-electron chi connectivity index (χ4n) is 4.02. The van der Waals surface area contributed by atoms with Crippen LogP contribution in [0.5, 0.6) is 5.75 Å². The smallest absolute Gasteiger partial charge is 0.331 e. The molecule has 1 N–H and O–H groups in total. The summed E-state index contributed by atoms with van der Waals surface area (Å²) >= 11 is 0. The van der Waals surface area contributed by atoms with E-state index in [1.165, 1.54) is 25.3 Å². The Kier molecular flexibility index (Phi) is 11.7. The second-order valence-electron chi connectivity index (χ2n) is 10.3. The quantitative estimate of drug-likeness (QED) is 0.257. The number of unbranched alkanes of at least 4 members (excludes halogenated alkanes) is 1. The topological polar surface area (TPSA) is 64.6 Å². The van der Waals surface area contributed by atoms with E-state index in [9.17, 15) is 9.59 Å². The van der Waals surface area contributed by atoms with Gasteiger partial charge in [0.15, 0.2) is 0 Å². The van der Waals surface area contributed by atoms with E-state index in [1.807, 2.05) is 45.0 Å². The number of carbonyl (C=O) groups is 2. The number of rotatable bonds is 13. The summed E-state index contributed by atoms with van der Waals surface area (Å²) in [5, 5.41) is 3.16. The molecule has 1 aromatic carbocycles. The lowest BCUT2D eigenvalue weighted by Gasteiger charge is -2.31. The van der Waals surface area contributed by atoms with E-state index in [0.29, 0.717) is 5.92 Å². The Morgan fingerprint density at radius 1 is 1.09 bits per heavy atom. The van der Waals surface area contributed by atoms with Crippen LogP contribution in [0.2, 0.25) is 0 Å². The van der Waals surface area contributed by atoms with Crippen LogP contribution < -0.4 is 10.1 Å². The van der Waals surface area contributed by atoms with Crippen molar-refractivity contribution in [2.24, 2.45) is 11.3 Å². The van der Waals surface area contributed by atoms with Gasteiger partial charge in [0.25, 0.3) is 0 Å². The molecule has 0 radical (unpaired) electrons. The molecule has 0 spiro atoms. The number of benzene rings is 1. The summed E-state index contributed by atoms with van der Waals surface area (Å²) in [6, 6.07) is 7.99. The van der Waals surface area contributed by atoms with Gasteiger partial charge in [-0.25, -0.2) is 4.79 Å². The molecule has 0 aliphatic heterocycles. The van der Waals surface area contributed by atoms with Gasteiger partial charge < -0.3 is 14.8 Å². The van der Waals surface area contributed by atoms with Crippen molar-refractivity contribution in [3.63, 3.8) is 0 Å². The molecule has 5 nitrogen and oxygen atoms in total. The van der Waals surface area contributed by atoms with Crippen molar-refractivity contribution in [1.82, 2.24) is 5.32 Å². The van der Waals surface area contributed by atoms with Gasteiger partial charge in [-0.2, -0.15) is 0 Å². The first-order valence-electron chi connectivity index (χ1n) is 13.2. The maximum atomic E-state index is 12.4. The van der Waals surface area contributed by atoms with Crippen LogP contribution in [0.25, 0.3) is 6.08 Å². The van der Waals surface area contributed by atoms with E-state index in [4.69, 9.17) is 9.47 Å². The summed E-state index contributed by atoms with van der Waals surface area (Å²) in [6.07, 6.45) is 12.0. The molecule has 0 heterocycles. The Labute approximate surface area is 206 Å². The molecule has 5 heteroatoms. The van der Waals surface area contributed by atoms with E-state index < -0.39 is 0 Å². The van der Waals surface area contributed by atoms with Crippen molar-refractivity contribution in [2.75, 3.05) is 6.61 Å². The first-order chi connectivity index (χ1) is 16.3. The third-order valence-corrected chi connectivity index (χ3v) is 7.11. The van der Waals surface area contributed by atoms with Crippen molar-refractivity contribution < 1.29 is 19.1 Å². The average Bonchev–Trinajstić information content (AvgIpc) is 2.84. The highest BCUT2D eigenvalue weighted by atomic mass is 16.5. The zero-order chi connectivity index (χ0) is 25.0. The average molecular weight is 472 g/mol. The largest absolute Gasteiger partial charge is 0.493 e. The monoisotopic (exact) mass is 471 g/mol. The first-order valence-corrected chi connectivity index (χ1v) is 13.2. The van der Waals surface area contributed by atoms with Gasteiger partial charge in [-0.1, -0.05) is 66.0 Å². The van der Waals surface area contributed by atoms with Gasteiger partial charge in [-0.15, -0.1) is 0 Å². The summed E-state index contributed by atoms with van der Waals surface area (Å²) in [4.78, 5) is 24.6. The number of nitrogens with one attached hydrogen (secondary N) is 1. The molecule has 1 fully saturated rings. The van der Waals surface area contributed by atoms with Crippen LogP contribution in [0.4, 0.5) is 0 Å². The lowest BCUT2D eigenvalue weighted by atomic mass is 9.87. The van der Waals surface area contributed by atoms with Gasteiger partial charge in [-0.3, -0.25) is 4.79 Å². The summed E-state index contributed by atoms with van der Waals surface area (Å²) in [6.45, 7) is 11.2. The highest BCUT2D eigenvalue weighted by Crippen LogP contribution is 2.25. The minimum absolute atomic E-state index is 0.0838. The van der Waals surface area contributed by atoms with E-state index in [-0.39, 0.29) is 29.4 Å². The zero-order valence-electron chi connectivity index (χ0n) is 21.9. The van der Waals surface area contributed by atoms with Crippen molar-refractivity contribution in [2.45, 2.75) is 105 Å². The molecule has 1 aliphatic rings. The summed E-state index contributed by atoms with van der Waals surface area (Å²) < 4.78 is 11.6. The SMILES string of the molecule is CCCCC(CC)COc1ccc(/C=C/C(=O)OC2CCC(NC(=O)C(C)(C)CC)CC2)cc1. The lowest BCUT2D eigenvalue weighted by Crippen LogP contribution is -2.45. The van der Waals surface area contributed by atoms with Crippen LogP contribution in [-0.2, 0) is 14.3 Å². The zero-order valence-corrected chi connectivity index (χ0v) is 21.9. The molecule has 34 heavy (non-hydrogen) atoms. The fourth-order valence-corrected chi connectivity index (χ4v) is 4.02. The molecule has 0 saturated heterocycles. The minimum Gasteiger partial charge on any atom is -0.493 e. The number of carbonyl (C=O) groups excluding carboxylic acids is 2. The number of hydrogen-bond acceptors (Lipinski definition) is 4. The molecule has 1 unspecified atom stereocenters. The predicted octanol–water partition coefficient (Wildman–Crippen LogP) is 6.70. The van der Waals surface area contributed by atoms with Crippen molar-refractivity contribution in [3.8, 4) is 5.75 Å². The Balaban J connectivity index is 1.72. The van der Waals surface area contributed by atoms with Crippen molar-refractivity contribution >= 4 is 18.0 Å². The van der Waals surface area contributed by atoms with Gasteiger partial charge in [0, 0.05) is 17.5 Å². The lowest BCUT2D eigenvalue weighted by molar-refractivity contribution is -0.145. The van der Waals surface area contributed by atoms with Gasteiger partial charge in [-0.05, 0) is 68.2 Å². The number of esters is 1. The molecule has 0 aromatic heterocycles. The molecule has 1 aliphatic carbocycles. The predicted molar refractivity (Wildman–Crippen MR) is 139 cm³/mol. The maximum absolute atomic E-state index is 12.4. The van der Waals surface area contributed by atoms with E-state index >= 15 is 0 Å². The molecule has 1 amide bonds. The maximum Gasteiger partial charge on any atom is 0.331 e.